The molecule has 0 aliphatic carbocycles. The van der Waals surface area contributed by atoms with Crippen LogP contribution in [0, 0.1) is 12.8 Å². The minimum atomic E-state index is -0.314. The number of amides is 1. The number of H-pyrrole nitrogens is 1. The van der Waals surface area contributed by atoms with Crippen LogP contribution in [0.3, 0.4) is 0 Å². The maximum atomic E-state index is 12.4. The Kier molecular flexibility index (Phi) is 6.23. The highest BCUT2D eigenvalue weighted by Gasteiger charge is 2.22. The Labute approximate surface area is 176 Å². The maximum Gasteiger partial charge on any atom is 0.274 e. The molecule has 2 aromatic heterocycles. The number of hydrogen-bond donors (Lipinski definition) is 2. The van der Waals surface area contributed by atoms with Gasteiger partial charge in [0.05, 0.1) is 12.6 Å². The number of benzene rings is 1. The van der Waals surface area contributed by atoms with Gasteiger partial charge in [0.1, 0.15) is 5.82 Å². The number of hydrogen-bond acceptors (Lipinski definition) is 6. The number of nitrogens with zero attached hydrogens (tertiary/aromatic N) is 4. The fraction of sp³-hybridized carbons (Fsp3) is 0.455. The summed E-state index contributed by atoms with van der Waals surface area (Å²) in [4.78, 5) is 19.0. The van der Waals surface area contributed by atoms with Gasteiger partial charge in [-0.2, -0.15) is 5.10 Å². The van der Waals surface area contributed by atoms with Crippen molar-refractivity contribution in [1.82, 2.24) is 30.6 Å². The van der Waals surface area contributed by atoms with Crippen LogP contribution in [0.5, 0.6) is 0 Å². The van der Waals surface area contributed by atoms with Crippen molar-refractivity contribution in [2.45, 2.75) is 45.7 Å². The molecule has 1 aliphatic rings. The lowest BCUT2D eigenvalue weighted by molar-refractivity contribution is 0.0928. The summed E-state index contributed by atoms with van der Waals surface area (Å²) >= 11 is 0. The number of carbonyl (C=O) groups is 1. The fourth-order valence-corrected chi connectivity index (χ4v) is 3.90. The molecule has 0 radical (unpaired) electrons. The van der Waals surface area contributed by atoms with Gasteiger partial charge in [-0.1, -0.05) is 35.5 Å². The Morgan fingerprint density at radius 2 is 2.07 bits per heavy atom. The quantitative estimate of drug-likeness (QED) is 0.623. The minimum Gasteiger partial charge on any atom is -0.359 e. The van der Waals surface area contributed by atoms with Crippen LogP contribution in [0.1, 0.15) is 59.3 Å². The summed E-state index contributed by atoms with van der Waals surface area (Å²) in [6, 6.07) is 12.1. The highest BCUT2D eigenvalue weighted by molar-refractivity contribution is 5.92. The Morgan fingerprint density at radius 1 is 1.30 bits per heavy atom. The van der Waals surface area contributed by atoms with E-state index in [1.54, 1.807) is 6.07 Å². The highest BCUT2D eigenvalue weighted by atomic mass is 16.5. The summed E-state index contributed by atoms with van der Waals surface area (Å²) in [5.74, 6) is 2.40. The van der Waals surface area contributed by atoms with Crippen molar-refractivity contribution in [1.29, 1.82) is 0 Å². The lowest BCUT2D eigenvalue weighted by Crippen LogP contribution is -2.33. The molecule has 1 saturated heterocycles. The van der Waals surface area contributed by atoms with E-state index in [9.17, 15) is 4.79 Å². The van der Waals surface area contributed by atoms with E-state index < -0.39 is 0 Å². The molecule has 158 valence electrons. The molecule has 1 unspecified atom stereocenters. The molecule has 4 rings (SSSR count). The van der Waals surface area contributed by atoms with Crippen molar-refractivity contribution in [3.8, 4) is 0 Å². The molecule has 1 atom stereocenters. The molecule has 2 N–H and O–H groups in total. The van der Waals surface area contributed by atoms with E-state index in [1.807, 2.05) is 13.8 Å². The monoisotopic (exact) mass is 408 g/mol. The molecule has 8 nitrogen and oxygen atoms in total. The van der Waals surface area contributed by atoms with Crippen molar-refractivity contribution in [2.75, 3.05) is 13.1 Å². The molecule has 30 heavy (non-hydrogen) atoms. The van der Waals surface area contributed by atoms with Gasteiger partial charge >= 0.3 is 0 Å². The average molecular weight is 409 g/mol. The molecule has 3 heterocycles. The van der Waals surface area contributed by atoms with Crippen LogP contribution in [0.25, 0.3) is 0 Å². The second-order valence-corrected chi connectivity index (χ2v) is 8.06. The van der Waals surface area contributed by atoms with Gasteiger partial charge in [0.25, 0.3) is 5.91 Å². The summed E-state index contributed by atoms with van der Waals surface area (Å²) in [7, 11) is 0. The normalized spacial score (nSPS) is 16.5. The summed E-state index contributed by atoms with van der Waals surface area (Å²) in [5.41, 5.74) is 1.69. The van der Waals surface area contributed by atoms with Gasteiger partial charge in [-0.05, 0) is 57.7 Å². The Morgan fingerprint density at radius 3 is 2.77 bits per heavy atom. The van der Waals surface area contributed by atoms with Crippen molar-refractivity contribution in [3.05, 3.63) is 65.1 Å². The van der Waals surface area contributed by atoms with Crippen LogP contribution < -0.4 is 5.32 Å². The number of carbonyl (C=O) groups excluding carboxylic acids is 1. The molecule has 0 spiro atoms. The minimum absolute atomic E-state index is 0.281. The zero-order chi connectivity index (χ0) is 20.9. The maximum absolute atomic E-state index is 12.4. The lowest BCUT2D eigenvalue weighted by atomic mass is 9.90. The van der Waals surface area contributed by atoms with Crippen LogP contribution >= 0.6 is 0 Å². The molecule has 3 aromatic rings. The molecular formula is C22H28N6O2. The number of aryl methyl sites for hydroxylation is 1. The van der Waals surface area contributed by atoms with E-state index in [0.717, 1.165) is 25.4 Å². The zero-order valence-corrected chi connectivity index (χ0v) is 17.5. The van der Waals surface area contributed by atoms with Crippen molar-refractivity contribution in [3.63, 3.8) is 0 Å². The van der Waals surface area contributed by atoms with Crippen molar-refractivity contribution >= 4 is 5.91 Å². The summed E-state index contributed by atoms with van der Waals surface area (Å²) in [6.07, 6.45) is 3.48. The molecule has 1 fully saturated rings. The number of nitrogens with one attached hydrogen (secondary N) is 2. The number of aromatic amines is 1. The largest absolute Gasteiger partial charge is 0.359 e. The first-order valence-corrected chi connectivity index (χ1v) is 10.5. The van der Waals surface area contributed by atoms with Crippen LogP contribution in [0.15, 0.2) is 40.9 Å². The first-order valence-electron chi connectivity index (χ1n) is 10.5. The van der Waals surface area contributed by atoms with Gasteiger partial charge in [-0.15, -0.1) is 0 Å². The molecular weight excluding hydrogens is 380 g/mol. The van der Waals surface area contributed by atoms with Crippen molar-refractivity contribution in [2.24, 2.45) is 5.92 Å². The van der Waals surface area contributed by atoms with Crippen LogP contribution in [0.4, 0.5) is 0 Å². The Balaban J connectivity index is 1.25. The molecule has 1 amide bonds. The zero-order valence-electron chi connectivity index (χ0n) is 17.5. The number of aromatic nitrogens is 4. The van der Waals surface area contributed by atoms with Gasteiger partial charge in [-0.3, -0.25) is 14.8 Å². The number of piperidine rings is 1. The van der Waals surface area contributed by atoms with E-state index in [-0.39, 0.29) is 17.6 Å². The van der Waals surface area contributed by atoms with E-state index in [2.05, 4.69) is 60.9 Å². The summed E-state index contributed by atoms with van der Waals surface area (Å²) in [6.45, 7) is 6.39. The number of likely N-dealkylation sites (tertiary alicyclic amines) is 1. The average Bonchev–Trinajstić information content (AvgIpc) is 3.39. The van der Waals surface area contributed by atoms with E-state index >= 15 is 0 Å². The first kappa shape index (κ1) is 20.3. The predicted octanol–water partition coefficient (Wildman–Crippen LogP) is 3.05. The van der Waals surface area contributed by atoms with Crippen LogP contribution in [-0.2, 0) is 13.0 Å². The first-order chi connectivity index (χ1) is 14.6. The smallest absolute Gasteiger partial charge is 0.274 e. The Bertz CT molecular complexity index is 959. The predicted molar refractivity (Wildman–Crippen MR) is 112 cm³/mol. The third-order valence-corrected chi connectivity index (χ3v) is 5.59. The third kappa shape index (κ3) is 5.13. The van der Waals surface area contributed by atoms with Gasteiger partial charge in [0.2, 0.25) is 0 Å². The Hall–Kier alpha value is -3.00. The fourth-order valence-electron chi connectivity index (χ4n) is 3.90. The second kappa shape index (κ2) is 9.21. The standard InChI is InChI=1S/C22H28N6O2/c1-15(21-24-16(2)25-26-21)23-22(29)20-13-19(30-27-20)14-28-10-8-18(9-11-28)12-17-6-4-3-5-7-17/h3-7,13,15,18H,8-12,14H2,1-2H3,(H,23,29)(H,24,25,26). The van der Waals surface area contributed by atoms with Gasteiger partial charge < -0.3 is 9.84 Å². The van der Waals surface area contributed by atoms with Crippen LogP contribution in [0.2, 0.25) is 0 Å². The topological polar surface area (TPSA) is 99.9 Å². The van der Waals surface area contributed by atoms with E-state index in [1.165, 1.54) is 18.4 Å². The summed E-state index contributed by atoms with van der Waals surface area (Å²) in [5, 5.41) is 13.6. The molecule has 8 heteroatoms. The van der Waals surface area contributed by atoms with E-state index in [0.29, 0.717) is 24.0 Å². The summed E-state index contributed by atoms with van der Waals surface area (Å²) < 4.78 is 5.41. The van der Waals surface area contributed by atoms with Gasteiger partial charge in [0, 0.05) is 6.07 Å². The SMILES string of the molecule is Cc1nc(C(C)NC(=O)c2cc(CN3CCC(Cc4ccccc4)CC3)on2)n[nH]1. The van der Waals surface area contributed by atoms with Gasteiger partial charge in [0.15, 0.2) is 17.3 Å². The molecule has 0 saturated carbocycles. The molecule has 0 bridgehead atoms. The highest BCUT2D eigenvalue weighted by Crippen LogP contribution is 2.23. The van der Waals surface area contributed by atoms with Gasteiger partial charge in [-0.25, -0.2) is 4.98 Å². The molecule has 1 aromatic carbocycles. The third-order valence-electron chi connectivity index (χ3n) is 5.59. The second-order valence-electron chi connectivity index (χ2n) is 8.06. The van der Waals surface area contributed by atoms with Crippen molar-refractivity contribution < 1.29 is 9.32 Å². The van der Waals surface area contributed by atoms with E-state index in [4.69, 9.17) is 4.52 Å². The number of rotatable bonds is 7. The molecule has 1 aliphatic heterocycles. The lowest BCUT2D eigenvalue weighted by Gasteiger charge is -2.31. The van der Waals surface area contributed by atoms with Crippen LogP contribution in [-0.4, -0.2) is 44.2 Å².